The molecule has 6 heteroatoms. The Kier molecular flexibility index (Phi) is 11.5. The van der Waals surface area contributed by atoms with E-state index in [1.807, 2.05) is 89.2 Å². The topological polar surface area (TPSA) is 63.2 Å². The van der Waals surface area contributed by atoms with Gasteiger partial charge in [-0.2, -0.15) is 0 Å². The second kappa shape index (κ2) is 14.3. The van der Waals surface area contributed by atoms with E-state index in [4.69, 9.17) is 23.7 Å². The maximum absolute atomic E-state index is 12.0. The first kappa shape index (κ1) is 27.3. The molecule has 0 radical (unpaired) electrons. The van der Waals surface area contributed by atoms with Gasteiger partial charge in [-0.15, -0.1) is 0 Å². The van der Waals surface area contributed by atoms with Gasteiger partial charge >= 0.3 is 5.97 Å². The summed E-state index contributed by atoms with van der Waals surface area (Å²) in [7, 11) is 0. The number of esters is 1. The molecule has 0 heterocycles. The summed E-state index contributed by atoms with van der Waals surface area (Å²) in [6, 6.07) is 13.5. The molecule has 2 aromatic rings. The average Bonchev–Trinajstić information content (AvgIpc) is 2.76. The fourth-order valence-electron chi connectivity index (χ4n) is 3.28. The van der Waals surface area contributed by atoms with Crippen molar-refractivity contribution in [2.75, 3.05) is 19.8 Å². The molecule has 0 unspecified atom stereocenters. The molecule has 6 nitrogen and oxygen atoms in total. The number of rotatable bonds is 14. The van der Waals surface area contributed by atoms with E-state index in [9.17, 15) is 4.79 Å². The van der Waals surface area contributed by atoms with E-state index in [2.05, 4.69) is 0 Å². The van der Waals surface area contributed by atoms with Crippen molar-refractivity contribution in [3.8, 4) is 17.2 Å². The third-order valence-electron chi connectivity index (χ3n) is 4.56. The highest BCUT2D eigenvalue weighted by Crippen LogP contribution is 2.25. The Balaban J connectivity index is 1.96. The predicted octanol–water partition coefficient (Wildman–Crippen LogP) is 5.86. The maximum Gasteiger partial charge on any atom is 0.335 e. The van der Waals surface area contributed by atoms with Gasteiger partial charge in [0.15, 0.2) is 6.10 Å². The van der Waals surface area contributed by atoms with Crippen LogP contribution in [0.4, 0.5) is 0 Å². The molecule has 0 aromatic heterocycles. The quantitative estimate of drug-likeness (QED) is 0.322. The number of ether oxygens (including phenoxy) is 5. The molecule has 0 bridgehead atoms. The Morgan fingerprint density at radius 2 is 1.47 bits per heavy atom. The fraction of sp³-hybridized carbons (Fsp3) is 0.464. The zero-order chi connectivity index (χ0) is 24.9. The van der Waals surface area contributed by atoms with Gasteiger partial charge in [-0.25, -0.2) is 4.79 Å². The molecule has 0 aliphatic rings. The molecule has 0 fully saturated rings. The molecule has 1 atom stereocenters. The maximum atomic E-state index is 12.0. The van der Waals surface area contributed by atoms with Crippen molar-refractivity contribution in [3.05, 3.63) is 59.7 Å². The van der Waals surface area contributed by atoms with Crippen LogP contribution in [0.5, 0.6) is 17.2 Å². The zero-order valence-corrected chi connectivity index (χ0v) is 21.2. The van der Waals surface area contributed by atoms with Gasteiger partial charge in [0.05, 0.1) is 18.8 Å². The van der Waals surface area contributed by atoms with Gasteiger partial charge in [-0.3, -0.25) is 0 Å². The van der Waals surface area contributed by atoms with Gasteiger partial charge in [-0.05, 0) is 83.0 Å². The van der Waals surface area contributed by atoms with Gasteiger partial charge in [0, 0.05) is 19.1 Å². The van der Waals surface area contributed by atoms with Gasteiger partial charge in [0.2, 0.25) is 0 Å². The van der Waals surface area contributed by atoms with Crippen LogP contribution in [0.1, 0.15) is 52.7 Å². The molecule has 0 spiro atoms. The van der Waals surface area contributed by atoms with Crippen molar-refractivity contribution < 1.29 is 28.5 Å². The van der Waals surface area contributed by atoms with Gasteiger partial charge in [0.1, 0.15) is 23.9 Å². The van der Waals surface area contributed by atoms with Crippen LogP contribution < -0.4 is 14.2 Å². The van der Waals surface area contributed by atoms with Crippen molar-refractivity contribution in [2.24, 2.45) is 0 Å². The molecule has 186 valence electrons. The van der Waals surface area contributed by atoms with Crippen LogP contribution in [0.15, 0.2) is 48.5 Å². The Morgan fingerprint density at radius 1 is 0.853 bits per heavy atom. The van der Waals surface area contributed by atoms with Crippen LogP contribution in [-0.2, 0) is 20.7 Å². The number of carbonyl (C=O) groups excluding carboxylic acids is 1. The molecular weight excluding hydrogens is 432 g/mol. The second-order valence-corrected chi connectivity index (χ2v) is 8.33. The van der Waals surface area contributed by atoms with E-state index in [0.717, 1.165) is 28.4 Å². The number of hydrogen-bond acceptors (Lipinski definition) is 6. The van der Waals surface area contributed by atoms with Crippen LogP contribution in [-0.4, -0.2) is 44.1 Å². The Bertz CT molecular complexity index is 873. The summed E-state index contributed by atoms with van der Waals surface area (Å²) >= 11 is 0. The van der Waals surface area contributed by atoms with E-state index < -0.39 is 6.10 Å². The molecule has 34 heavy (non-hydrogen) atoms. The minimum Gasteiger partial charge on any atom is -0.491 e. The van der Waals surface area contributed by atoms with Crippen LogP contribution in [0.25, 0.3) is 6.08 Å². The van der Waals surface area contributed by atoms with Crippen molar-refractivity contribution in [3.63, 3.8) is 0 Å². The fourth-order valence-corrected chi connectivity index (χ4v) is 3.28. The molecule has 2 aromatic carbocycles. The largest absolute Gasteiger partial charge is 0.491 e. The van der Waals surface area contributed by atoms with Gasteiger partial charge < -0.3 is 23.7 Å². The van der Waals surface area contributed by atoms with Crippen molar-refractivity contribution >= 4 is 12.0 Å². The summed E-state index contributed by atoms with van der Waals surface area (Å²) in [5.74, 6) is 1.97. The summed E-state index contributed by atoms with van der Waals surface area (Å²) in [6.45, 7) is 12.9. The molecular formula is C28H38O6. The average molecular weight is 471 g/mol. The zero-order valence-electron chi connectivity index (χ0n) is 21.2. The number of benzene rings is 2. The summed E-state index contributed by atoms with van der Waals surface area (Å²) in [5, 5.41) is 0. The highest BCUT2D eigenvalue weighted by molar-refractivity contribution is 5.75. The number of carbonyl (C=O) groups is 1. The predicted molar refractivity (Wildman–Crippen MR) is 135 cm³/mol. The molecule has 0 saturated heterocycles. The van der Waals surface area contributed by atoms with E-state index in [1.54, 1.807) is 6.92 Å². The molecule has 0 saturated carbocycles. The normalized spacial score (nSPS) is 12.2. The lowest BCUT2D eigenvalue weighted by atomic mass is 10.1. The monoisotopic (exact) mass is 470 g/mol. The first-order valence-electron chi connectivity index (χ1n) is 12.0. The highest BCUT2D eigenvalue weighted by atomic mass is 16.6. The lowest BCUT2D eigenvalue weighted by Crippen LogP contribution is -2.28. The minimum absolute atomic E-state index is 0.0820. The molecule has 2 rings (SSSR count). The smallest absolute Gasteiger partial charge is 0.335 e. The third-order valence-corrected chi connectivity index (χ3v) is 4.56. The second-order valence-electron chi connectivity index (χ2n) is 8.33. The molecule has 0 amide bonds. The van der Waals surface area contributed by atoms with E-state index >= 15 is 0 Å². The van der Waals surface area contributed by atoms with E-state index in [0.29, 0.717) is 26.2 Å². The lowest BCUT2D eigenvalue weighted by Gasteiger charge is -2.15. The standard InChI is InChI=1S/C28H38O6/c1-7-30-27(28(29)31-8-2)18-22-11-13-24(14-12-22)32-15-9-10-23-16-25(33-20(3)4)19-26(17-23)34-21(5)6/h9-14,16-17,19-21,27H,7-8,15,18H2,1-6H3/b10-9+/t27-/m0/s1. The number of hydrogen-bond donors (Lipinski definition) is 0. The van der Waals surface area contributed by atoms with Crippen LogP contribution in [0, 0.1) is 0 Å². The van der Waals surface area contributed by atoms with Gasteiger partial charge in [-0.1, -0.05) is 18.2 Å². The SMILES string of the molecule is CCOC(=O)[C@H](Cc1ccc(OC/C=C/c2cc(OC(C)C)cc(OC(C)C)c2)cc1)OCC. The van der Waals surface area contributed by atoms with Crippen molar-refractivity contribution in [1.29, 1.82) is 0 Å². The van der Waals surface area contributed by atoms with Crippen molar-refractivity contribution in [1.82, 2.24) is 0 Å². The summed E-state index contributed by atoms with van der Waals surface area (Å²) < 4.78 is 28.2. The Morgan fingerprint density at radius 3 is 2.00 bits per heavy atom. The van der Waals surface area contributed by atoms with Crippen LogP contribution >= 0.6 is 0 Å². The summed E-state index contributed by atoms with van der Waals surface area (Å²) in [5.41, 5.74) is 1.96. The van der Waals surface area contributed by atoms with Crippen LogP contribution in [0.2, 0.25) is 0 Å². The van der Waals surface area contributed by atoms with Crippen LogP contribution in [0.3, 0.4) is 0 Å². The molecule has 0 aliphatic carbocycles. The highest BCUT2D eigenvalue weighted by Gasteiger charge is 2.20. The van der Waals surface area contributed by atoms with Crippen molar-refractivity contribution in [2.45, 2.75) is 66.3 Å². The lowest BCUT2D eigenvalue weighted by molar-refractivity contribution is -0.156. The first-order chi connectivity index (χ1) is 16.3. The molecule has 0 aliphatic heterocycles. The third kappa shape index (κ3) is 9.87. The van der Waals surface area contributed by atoms with E-state index in [-0.39, 0.29) is 18.2 Å². The summed E-state index contributed by atoms with van der Waals surface area (Å²) in [6.07, 6.45) is 3.97. The summed E-state index contributed by atoms with van der Waals surface area (Å²) in [4.78, 5) is 12.0. The Labute approximate surface area is 203 Å². The first-order valence-corrected chi connectivity index (χ1v) is 12.0. The van der Waals surface area contributed by atoms with Gasteiger partial charge in [0.25, 0.3) is 0 Å². The Hall–Kier alpha value is -2.99. The van der Waals surface area contributed by atoms with E-state index in [1.165, 1.54) is 0 Å². The minimum atomic E-state index is -0.598. The molecule has 0 N–H and O–H groups in total.